The molecule has 0 radical (unpaired) electrons. The number of nitrogens with one attached hydrogen (secondary N) is 1. The van der Waals surface area contributed by atoms with Crippen LogP contribution < -0.4 is 5.32 Å². The fraction of sp³-hybridized carbons (Fsp3) is 0.417. The molecule has 0 unspecified atom stereocenters. The van der Waals surface area contributed by atoms with Gasteiger partial charge in [0, 0.05) is 5.69 Å². The number of carbonyl (C=O) groups excluding carboxylic acids is 1. The number of amides is 1. The van der Waals surface area contributed by atoms with Crippen molar-refractivity contribution >= 4 is 34.2 Å². The van der Waals surface area contributed by atoms with Crippen LogP contribution in [0.1, 0.15) is 25.3 Å². The predicted molar refractivity (Wildman–Crippen MR) is 72.6 cm³/mol. The molecule has 0 heterocycles. The highest BCUT2D eigenvalue weighted by Crippen LogP contribution is 2.11. The zero-order valence-corrected chi connectivity index (χ0v) is 11.1. The van der Waals surface area contributed by atoms with Crippen molar-refractivity contribution in [3.05, 3.63) is 29.8 Å². The molecule has 15 heavy (non-hydrogen) atoms. The standard InChI is InChI=1S/C12H16INO/c1-2-3-4-10-5-7-11(8-6-10)14-12(15)9-13/h5-8H,2-4,9H2,1H3,(H,14,15). The maximum atomic E-state index is 11.1. The molecule has 0 spiro atoms. The number of hydrogen-bond donors (Lipinski definition) is 1. The lowest BCUT2D eigenvalue weighted by Gasteiger charge is -2.04. The average molecular weight is 317 g/mol. The Balaban J connectivity index is 2.52. The summed E-state index contributed by atoms with van der Waals surface area (Å²) < 4.78 is 0.495. The van der Waals surface area contributed by atoms with Crippen molar-refractivity contribution < 1.29 is 4.79 Å². The second-order valence-electron chi connectivity index (χ2n) is 3.48. The van der Waals surface area contributed by atoms with Gasteiger partial charge in [0.05, 0.1) is 4.43 Å². The maximum Gasteiger partial charge on any atom is 0.234 e. The molecule has 82 valence electrons. The predicted octanol–water partition coefficient (Wildman–Crippen LogP) is 3.40. The first-order valence-electron chi connectivity index (χ1n) is 5.21. The summed E-state index contributed by atoms with van der Waals surface area (Å²) in [5, 5.41) is 2.83. The Hall–Kier alpha value is -0.580. The summed E-state index contributed by atoms with van der Waals surface area (Å²) in [7, 11) is 0. The van der Waals surface area contributed by atoms with Crippen LogP contribution in [-0.2, 0) is 11.2 Å². The van der Waals surface area contributed by atoms with E-state index in [4.69, 9.17) is 0 Å². The second-order valence-corrected chi connectivity index (χ2v) is 4.25. The molecule has 2 nitrogen and oxygen atoms in total. The molecule has 3 heteroatoms. The van der Waals surface area contributed by atoms with E-state index in [2.05, 4.69) is 47.0 Å². The highest BCUT2D eigenvalue weighted by molar-refractivity contribution is 14.1. The lowest BCUT2D eigenvalue weighted by atomic mass is 10.1. The van der Waals surface area contributed by atoms with Crippen LogP contribution >= 0.6 is 22.6 Å². The molecule has 0 bridgehead atoms. The summed E-state index contributed by atoms with van der Waals surface area (Å²) in [4.78, 5) is 11.1. The van der Waals surface area contributed by atoms with Crippen molar-refractivity contribution in [3.8, 4) is 0 Å². The Kier molecular flexibility index (Phi) is 5.68. The lowest BCUT2D eigenvalue weighted by Crippen LogP contribution is -2.11. The van der Waals surface area contributed by atoms with Gasteiger partial charge in [-0.3, -0.25) is 4.79 Å². The van der Waals surface area contributed by atoms with E-state index < -0.39 is 0 Å². The zero-order valence-electron chi connectivity index (χ0n) is 8.92. The van der Waals surface area contributed by atoms with Crippen molar-refractivity contribution in [2.24, 2.45) is 0 Å². The Morgan fingerprint density at radius 1 is 1.33 bits per heavy atom. The van der Waals surface area contributed by atoms with Crippen molar-refractivity contribution in [2.75, 3.05) is 9.74 Å². The van der Waals surface area contributed by atoms with Gasteiger partial charge < -0.3 is 5.32 Å². The van der Waals surface area contributed by atoms with Crippen LogP contribution in [0.4, 0.5) is 5.69 Å². The normalized spacial score (nSPS) is 10.0. The van der Waals surface area contributed by atoms with E-state index in [1.54, 1.807) is 0 Å². The minimum absolute atomic E-state index is 0.0527. The van der Waals surface area contributed by atoms with Crippen molar-refractivity contribution in [2.45, 2.75) is 26.2 Å². The maximum absolute atomic E-state index is 11.1. The largest absolute Gasteiger partial charge is 0.325 e. The number of carbonyl (C=O) groups is 1. The minimum Gasteiger partial charge on any atom is -0.325 e. The SMILES string of the molecule is CCCCc1ccc(NC(=O)CI)cc1. The smallest absolute Gasteiger partial charge is 0.234 e. The number of unbranched alkanes of at least 4 members (excludes halogenated alkanes) is 1. The van der Waals surface area contributed by atoms with Crippen molar-refractivity contribution in [3.63, 3.8) is 0 Å². The van der Waals surface area contributed by atoms with Gasteiger partial charge >= 0.3 is 0 Å². The summed E-state index contributed by atoms with van der Waals surface area (Å²) in [6.07, 6.45) is 3.56. The van der Waals surface area contributed by atoms with Gasteiger partial charge in [0.15, 0.2) is 0 Å². The van der Waals surface area contributed by atoms with Crippen LogP contribution in [0.25, 0.3) is 0 Å². The van der Waals surface area contributed by atoms with Crippen LogP contribution in [0.15, 0.2) is 24.3 Å². The molecule has 0 fully saturated rings. The van der Waals surface area contributed by atoms with E-state index in [1.807, 2.05) is 12.1 Å². The van der Waals surface area contributed by atoms with Crippen LogP contribution in [0.3, 0.4) is 0 Å². The zero-order chi connectivity index (χ0) is 11.1. The summed E-state index contributed by atoms with van der Waals surface area (Å²) in [6.45, 7) is 2.19. The molecule has 1 aromatic rings. The Labute approximate surface area is 105 Å². The van der Waals surface area contributed by atoms with Crippen LogP contribution in [0, 0.1) is 0 Å². The summed E-state index contributed by atoms with van der Waals surface area (Å²) >= 11 is 2.05. The Bertz CT molecular complexity index is 308. The lowest BCUT2D eigenvalue weighted by molar-refractivity contribution is -0.113. The first-order valence-corrected chi connectivity index (χ1v) is 6.73. The van der Waals surface area contributed by atoms with E-state index in [1.165, 1.54) is 18.4 Å². The Morgan fingerprint density at radius 2 is 2.00 bits per heavy atom. The molecule has 0 aromatic heterocycles. The molecule has 0 saturated carbocycles. The monoisotopic (exact) mass is 317 g/mol. The molecule has 0 saturated heterocycles. The third kappa shape index (κ3) is 4.64. The second kappa shape index (κ2) is 6.82. The van der Waals surface area contributed by atoms with Crippen LogP contribution in [0.5, 0.6) is 0 Å². The molecule has 1 rings (SSSR count). The molecule has 1 N–H and O–H groups in total. The number of alkyl halides is 1. The van der Waals surface area contributed by atoms with Crippen LogP contribution in [-0.4, -0.2) is 10.3 Å². The van der Waals surface area contributed by atoms with E-state index >= 15 is 0 Å². The number of benzene rings is 1. The topological polar surface area (TPSA) is 29.1 Å². The van der Waals surface area contributed by atoms with Gasteiger partial charge in [0.1, 0.15) is 0 Å². The fourth-order valence-electron chi connectivity index (χ4n) is 1.33. The molecular weight excluding hydrogens is 301 g/mol. The average Bonchev–Trinajstić information content (AvgIpc) is 2.28. The number of halogens is 1. The Morgan fingerprint density at radius 3 is 2.53 bits per heavy atom. The van der Waals surface area contributed by atoms with Crippen LogP contribution in [0.2, 0.25) is 0 Å². The minimum atomic E-state index is 0.0527. The molecule has 1 aromatic carbocycles. The first kappa shape index (κ1) is 12.5. The molecular formula is C12H16INO. The third-order valence-corrected chi connectivity index (χ3v) is 2.87. The molecule has 1 amide bonds. The number of rotatable bonds is 5. The number of hydrogen-bond acceptors (Lipinski definition) is 1. The van der Waals surface area contributed by atoms with E-state index in [9.17, 15) is 4.79 Å². The van der Waals surface area contributed by atoms with E-state index in [0.717, 1.165) is 12.1 Å². The summed E-state index contributed by atoms with van der Waals surface area (Å²) in [5.41, 5.74) is 2.22. The highest BCUT2D eigenvalue weighted by atomic mass is 127. The van der Waals surface area contributed by atoms with Gasteiger partial charge in [-0.2, -0.15) is 0 Å². The molecule has 0 aliphatic rings. The van der Waals surface area contributed by atoms with Gasteiger partial charge in [-0.15, -0.1) is 0 Å². The van der Waals surface area contributed by atoms with Gasteiger partial charge in [-0.1, -0.05) is 48.1 Å². The van der Waals surface area contributed by atoms with E-state index in [-0.39, 0.29) is 5.91 Å². The fourth-order valence-corrected chi connectivity index (χ4v) is 1.52. The number of aryl methyl sites for hydroxylation is 1. The molecule has 0 atom stereocenters. The molecule has 0 aliphatic heterocycles. The van der Waals surface area contributed by atoms with Gasteiger partial charge in [0.2, 0.25) is 5.91 Å². The highest BCUT2D eigenvalue weighted by Gasteiger charge is 1.99. The summed E-state index contributed by atoms with van der Waals surface area (Å²) in [5.74, 6) is 0.0527. The van der Waals surface area contributed by atoms with Crippen molar-refractivity contribution in [1.82, 2.24) is 0 Å². The van der Waals surface area contributed by atoms with E-state index in [0.29, 0.717) is 4.43 Å². The third-order valence-electron chi connectivity index (χ3n) is 2.18. The number of anilines is 1. The summed E-state index contributed by atoms with van der Waals surface area (Å²) in [6, 6.07) is 8.10. The quantitative estimate of drug-likeness (QED) is 0.654. The van der Waals surface area contributed by atoms with Crippen molar-refractivity contribution in [1.29, 1.82) is 0 Å². The van der Waals surface area contributed by atoms with Gasteiger partial charge in [0.25, 0.3) is 0 Å². The van der Waals surface area contributed by atoms with Gasteiger partial charge in [-0.25, -0.2) is 0 Å². The van der Waals surface area contributed by atoms with Gasteiger partial charge in [-0.05, 0) is 30.5 Å². The molecule has 0 aliphatic carbocycles. The first-order chi connectivity index (χ1) is 7.26.